The minimum atomic E-state index is -0.457. The second-order valence-corrected chi connectivity index (χ2v) is 5.88. The summed E-state index contributed by atoms with van der Waals surface area (Å²) in [6.45, 7) is 4.21. The fourth-order valence-corrected chi connectivity index (χ4v) is 2.07. The lowest BCUT2D eigenvalue weighted by molar-refractivity contribution is 0.0472. The van der Waals surface area contributed by atoms with Crippen LogP contribution in [0.2, 0.25) is 0 Å². The van der Waals surface area contributed by atoms with Gasteiger partial charge in [-0.05, 0) is 49.2 Å². The molecular formula is C19H21FN2O3. The molecule has 6 heteroatoms. The Balaban J connectivity index is 1.83. The molecule has 0 saturated heterocycles. The Labute approximate surface area is 146 Å². The highest BCUT2D eigenvalue weighted by molar-refractivity contribution is 5.89. The van der Waals surface area contributed by atoms with E-state index < -0.39 is 5.97 Å². The van der Waals surface area contributed by atoms with Gasteiger partial charge in [0.2, 0.25) is 0 Å². The lowest BCUT2D eigenvalue weighted by atomic mass is 10.1. The Bertz CT molecular complexity index is 712. The maximum atomic E-state index is 12.8. The number of nitrogens with one attached hydrogen (secondary N) is 2. The van der Waals surface area contributed by atoms with Crippen molar-refractivity contribution in [1.82, 2.24) is 10.6 Å². The van der Waals surface area contributed by atoms with Gasteiger partial charge < -0.3 is 15.4 Å². The van der Waals surface area contributed by atoms with E-state index in [2.05, 4.69) is 10.6 Å². The lowest BCUT2D eigenvalue weighted by Gasteiger charge is -2.10. The molecule has 0 heterocycles. The molecule has 0 fully saturated rings. The highest BCUT2D eigenvalue weighted by atomic mass is 19.1. The van der Waals surface area contributed by atoms with Crippen LogP contribution >= 0.6 is 0 Å². The van der Waals surface area contributed by atoms with E-state index in [1.807, 2.05) is 13.8 Å². The first-order chi connectivity index (χ1) is 11.9. The van der Waals surface area contributed by atoms with E-state index in [1.54, 1.807) is 36.4 Å². The summed E-state index contributed by atoms with van der Waals surface area (Å²) < 4.78 is 18.0. The van der Waals surface area contributed by atoms with E-state index in [1.165, 1.54) is 12.1 Å². The van der Waals surface area contributed by atoms with Crippen LogP contribution in [-0.2, 0) is 17.9 Å². The van der Waals surface area contributed by atoms with Gasteiger partial charge in [0.1, 0.15) is 12.4 Å². The van der Waals surface area contributed by atoms with Crippen LogP contribution in [0.5, 0.6) is 0 Å². The third-order valence-electron chi connectivity index (χ3n) is 3.35. The third-order valence-corrected chi connectivity index (χ3v) is 3.35. The second kappa shape index (κ2) is 8.82. The molecule has 2 aromatic carbocycles. The highest BCUT2D eigenvalue weighted by Crippen LogP contribution is 2.09. The van der Waals surface area contributed by atoms with Gasteiger partial charge in [0.05, 0.1) is 5.56 Å². The molecule has 0 radical (unpaired) electrons. The molecule has 0 aromatic heterocycles. The van der Waals surface area contributed by atoms with Crippen molar-refractivity contribution in [3.05, 3.63) is 71.0 Å². The zero-order chi connectivity index (χ0) is 18.2. The van der Waals surface area contributed by atoms with Crippen molar-refractivity contribution < 1.29 is 18.7 Å². The van der Waals surface area contributed by atoms with Gasteiger partial charge in [-0.15, -0.1) is 0 Å². The summed E-state index contributed by atoms with van der Waals surface area (Å²) in [6.07, 6.45) is 0. The van der Waals surface area contributed by atoms with Gasteiger partial charge in [-0.3, -0.25) is 0 Å². The smallest absolute Gasteiger partial charge is 0.338 e. The fourth-order valence-electron chi connectivity index (χ4n) is 2.07. The van der Waals surface area contributed by atoms with E-state index in [0.717, 1.165) is 5.56 Å². The van der Waals surface area contributed by atoms with E-state index >= 15 is 0 Å². The Morgan fingerprint density at radius 3 is 2.20 bits per heavy atom. The second-order valence-electron chi connectivity index (χ2n) is 5.88. The van der Waals surface area contributed by atoms with Gasteiger partial charge in [0.25, 0.3) is 0 Å². The molecule has 25 heavy (non-hydrogen) atoms. The predicted octanol–water partition coefficient (Wildman–Crippen LogP) is 3.39. The number of rotatable bonds is 6. The summed E-state index contributed by atoms with van der Waals surface area (Å²) in [6, 6.07) is 12.4. The molecule has 2 aromatic rings. The van der Waals surface area contributed by atoms with Crippen LogP contribution in [0.25, 0.3) is 0 Å². The van der Waals surface area contributed by atoms with E-state index in [-0.39, 0.29) is 24.5 Å². The number of amides is 2. The molecule has 132 valence electrons. The van der Waals surface area contributed by atoms with Crippen molar-refractivity contribution in [1.29, 1.82) is 0 Å². The van der Waals surface area contributed by atoms with Gasteiger partial charge in [-0.1, -0.05) is 24.3 Å². The maximum absolute atomic E-state index is 12.8. The molecule has 0 aliphatic carbocycles. The number of hydrogen-bond donors (Lipinski definition) is 2. The van der Waals surface area contributed by atoms with Gasteiger partial charge in [0.15, 0.2) is 0 Å². The minimum absolute atomic E-state index is 0.0678. The molecule has 2 rings (SSSR count). The standard InChI is InChI=1S/C19H21FN2O3/c1-13(2)22-19(24)21-11-14-3-7-16(8-4-14)18(23)25-12-15-5-9-17(20)10-6-15/h3-10,13H,11-12H2,1-2H3,(H2,21,22,24). The quantitative estimate of drug-likeness (QED) is 0.790. The zero-order valence-electron chi connectivity index (χ0n) is 14.2. The molecule has 0 unspecified atom stereocenters. The molecule has 2 N–H and O–H groups in total. The molecule has 5 nitrogen and oxygen atoms in total. The molecule has 0 atom stereocenters. The summed E-state index contributed by atoms with van der Waals surface area (Å²) in [5.74, 6) is -0.789. The van der Waals surface area contributed by atoms with E-state index in [0.29, 0.717) is 17.7 Å². The fraction of sp³-hybridized carbons (Fsp3) is 0.263. The van der Waals surface area contributed by atoms with Crippen LogP contribution in [0.3, 0.4) is 0 Å². The van der Waals surface area contributed by atoms with Gasteiger partial charge >= 0.3 is 12.0 Å². The number of halogens is 1. The van der Waals surface area contributed by atoms with Crippen molar-refractivity contribution in [2.24, 2.45) is 0 Å². The van der Waals surface area contributed by atoms with E-state index in [4.69, 9.17) is 4.74 Å². The van der Waals surface area contributed by atoms with Crippen molar-refractivity contribution >= 4 is 12.0 Å². The third kappa shape index (κ3) is 6.25. The Kier molecular flexibility index (Phi) is 6.51. The number of benzene rings is 2. The summed E-state index contributed by atoms with van der Waals surface area (Å²) in [4.78, 5) is 23.5. The number of urea groups is 1. The van der Waals surface area contributed by atoms with Gasteiger partial charge in [-0.2, -0.15) is 0 Å². The monoisotopic (exact) mass is 344 g/mol. The number of esters is 1. The molecule has 0 bridgehead atoms. The largest absolute Gasteiger partial charge is 0.457 e. The molecule has 0 spiro atoms. The number of hydrogen-bond acceptors (Lipinski definition) is 3. The predicted molar refractivity (Wildman–Crippen MR) is 92.5 cm³/mol. The number of carbonyl (C=O) groups is 2. The Morgan fingerprint density at radius 2 is 1.60 bits per heavy atom. The van der Waals surface area contributed by atoms with Crippen LogP contribution in [-0.4, -0.2) is 18.0 Å². The summed E-state index contributed by atoms with van der Waals surface area (Å²) in [5, 5.41) is 5.46. The first-order valence-electron chi connectivity index (χ1n) is 7.99. The number of carbonyl (C=O) groups excluding carboxylic acids is 2. The van der Waals surface area contributed by atoms with Crippen molar-refractivity contribution in [2.45, 2.75) is 33.0 Å². The van der Waals surface area contributed by atoms with E-state index in [9.17, 15) is 14.0 Å². The molecular weight excluding hydrogens is 323 g/mol. The van der Waals surface area contributed by atoms with Crippen LogP contribution in [0, 0.1) is 5.82 Å². The van der Waals surface area contributed by atoms with Crippen molar-refractivity contribution in [2.75, 3.05) is 0 Å². The van der Waals surface area contributed by atoms with Crippen LogP contribution in [0.15, 0.2) is 48.5 Å². The van der Waals surface area contributed by atoms with Gasteiger partial charge in [0, 0.05) is 12.6 Å². The Hall–Kier alpha value is -2.89. The molecule has 0 saturated carbocycles. The van der Waals surface area contributed by atoms with Crippen LogP contribution < -0.4 is 10.6 Å². The summed E-state index contributed by atoms with van der Waals surface area (Å²) in [5.41, 5.74) is 2.00. The molecule has 0 aliphatic rings. The SMILES string of the molecule is CC(C)NC(=O)NCc1ccc(C(=O)OCc2ccc(F)cc2)cc1. The maximum Gasteiger partial charge on any atom is 0.338 e. The Morgan fingerprint density at radius 1 is 1.00 bits per heavy atom. The topological polar surface area (TPSA) is 67.4 Å². The average Bonchev–Trinajstić information content (AvgIpc) is 2.59. The average molecular weight is 344 g/mol. The van der Waals surface area contributed by atoms with Crippen molar-refractivity contribution in [3.63, 3.8) is 0 Å². The van der Waals surface area contributed by atoms with Crippen LogP contribution in [0.1, 0.15) is 35.3 Å². The van der Waals surface area contributed by atoms with Crippen molar-refractivity contribution in [3.8, 4) is 0 Å². The normalized spacial score (nSPS) is 10.4. The zero-order valence-corrected chi connectivity index (χ0v) is 14.2. The highest BCUT2D eigenvalue weighted by Gasteiger charge is 2.08. The minimum Gasteiger partial charge on any atom is -0.457 e. The summed E-state index contributed by atoms with van der Waals surface area (Å²) >= 11 is 0. The van der Waals surface area contributed by atoms with Crippen LogP contribution in [0.4, 0.5) is 9.18 Å². The number of ether oxygens (including phenoxy) is 1. The van der Waals surface area contributed by atoms with Gasteiger partial charge in [-0.25, -0.2) is 14.0 Å². The lowest BCUT2D eigenvalue weighted by Crippen LogP contribution is -2.39. The molecule has 0 aliphatic heterocycles. The first-order valence-corrected chi connectivity index (χ1v) is 7.99. The summed E-state index contributed by atoms with van der Waals surface area (Å²) in [7, 11) is 0. The molecule has 2 amide bonds. The first kappa shape index (κ1) is 18.4.